The average Bonchev–Trinajstić information content (AvgIpc) is 2.60. The van der Waals surface area contributed by atoms with Gasteiger partial charge in [0.05, 0.1) is 26.4 Å². The molecule has 0 aliphatic heterocycles. The third kappa shape index (κ3) is 66.6. The Hall–Kier alpha value is -1.94. The lowest BCUT2D eigenvalue weighted by atomic mass is 9.99. The summed E-state index contributed by atoms with van der Waals surface area (Å²) in [5.41, 5.74) is 0. The van der Waals surface area contributed by atoms with Crippen LogP contribution < -0.4 is 0 Å². The summed E-state index contributed by atoms with van der Waals surface area (Å²) < 4.78 is 68.6. The molecule has 17 nitrogen and oxygen atoms in total. The second kappa shape index (κ2) is 66.3. The lowest BCUT2D eigenvalue weighted by molar-refractivity contribution is -0.161. The van der Waals surface area contributed by atoms with Crippen molar-refractivity contribution < 1.29 is 80.2 Å². The maximum Gasteiger partial charge on any atom is 0.472 e. The van der Waals surface area contributed by atoms with Crippen molar-refractivity contribution in [1.82, 2.24) is 0 Å². The van der Waals surface area contributed by atoms with E-state index in [-0.39, 0.29) is 25.7 Å². The van der Waals surface area contributed by atoms with Gasteiger partial charge in [0.2, 0.25) is 0 Å². The van der Waals surface area contributed by atoms with Crippen LogP contribution in [0.1, 0.15) is 389 Å². The standard InChI is InChI=1S/C77H150O17P2/c1-9-68(6)54-46-38-30-22-16-14-12-13-15-17-25-35-43-51-59-76(81)93-72(63-87-74(79)57-49-41-33-24-19-18-23-31-39-47-55-69(7)10-2)65-91-95(83,84)89-61-71(78)62-90-96(85,86)92-66-73(94-77(82)60-52-44-36-26-20-21-29-37-45-53-67(4)5)64-88-75(80)58-50-42-34-28-27-32-40-48-56-70(8)11-3/h67-73,78H,9-66H2,1-8H3,(H,83,84)(H,85,86)/t68?,69?,70?,71-,72-,73-/m1/s1. The first kappa shape index (κ1) is 94.1. The first-order valence-corrected chi connectivity index (χ1v) is 42.8. The van der Waals surface area contributed by atoms with Crippen molar-refractivity contribution in [3.63, 3.8) is 0 Å². The van der Waals surface area contributed by atoms with Gasteiger partial charge < -0.3 is 33.8 Å². The van der Waals surface area contributed by atoms with Crippen molar-refractivity contribution in [1.29, 1.82) is 0 Å². The summed E-state index contributed by atoms with van der Waals surface area (Å²) in [6.07, 6.45) is 51.1. The summed E-state index contributed by atoms with van der Waals surface area (Å²) >= 11 is 0. The Bertz CT molecular complexity index is 1890. The van der Waals surface area contributed by atoms with Gasteiger partial charge in [-0.15, -0.1) is 0 Å². The molecule has 0 aromatic heterocycles. The second-order valence-corrected chi connectivity index (χ2v) is 31.9. The molecule has 0 aromatic carbocycles. The van der Waals surface area contributed by atoms with E-state index in [1.165, 1.54) is 193 Å². The van der Waals surface area contributed by atoms with Crippen LogP contribution in [0, 0.1) is 23.7 Å². The van der Waals surface area contributed by atoms with E-state index in [1.54, 1.807) is 0 Å². The average molecular weight is 1410 g/mol. The summed E-state index contributed by atoms with van der Waals surface area (Å²) in [5.74, 6) is 1.05. The van der Waals surface area contributed by atoms with Gasteiger partial charge in [-0.25, -0.2) is 9.13 Å². The van der Waals surface area contributed by atoms with Crippen LogP contribution in [-0.4, -0.2) is 96.7 Å². The van der Waals surface area contributed by atoms with Gasteiger partial charge in [-0.2, -0.15) is 0 Å². The summed E-state index contributed by atoms with van der Waals surface area (Å²) in [6, 6.07) is 0. The largest absolute Gasteiger partial charge is 0.472 e. The predicted molar refractivity (Wildman–Crippen MR) is 391 cm³/mol. The van der Waals surface area contributed by atoms with E-state index < -0.39 is 97.5 Å². The number of unbranched alkanes of at least 4 members (excludes halogenated alkanes) is 37. The molecular weight excluding hydrogens is 1260 g/mol. The lowest BCUT2D eigenvalue weighted by Crippen LogP contribution is -2.30. The molecule has 570 valence electrons. The maximum absolute atomic E-state index is 13.1. The fourth-order valence-corrected chi connectivity index (χ4v) is 13.2. The van der Waals surface area contributed by atoms with Crippen molar-refractivity contribution in [3.8, 4) is 0 Å². The van der Waals surface area contributed by atoms with Crippen molar-refractivity contribution in [2.24, 2.45) is 23.7 Å². The number of phosphoric acid groups is 2. The first-order valence-electron chi connectivity index (χ1n) is 39.8. The minimum Gasteiger partial charge on any atom is -0.462 e. The fourth-order valence-electron chi connectivity index (χ4n) is 11.6. The highest BCUT2D eigenvalue weighted by molar-refractivity contribution is 7.47. The summed E-state index contributed by atoms with van der Waals surface area (Å²) in [6.45, 7) is 14.3. The molecule has 3 N–H and O–H groups in total. The smallest absolute Gasteiger partial charge is 0.462 e. The number of hydrogen-bond acceptors (Lipinski definition) is 15. The zero-order valence-electron chi connectivity index (χ0n) is 63.0. The van der Waals surface area contributed by atoms with E-state index in [0.717, 1.165) is 114 Å². The van der Waals surface area contributed by atoms with E-state index in [1.807, 2.05) is 0 Å². The Kier molecular flexibility index (Phi) is 65.0. The molecule has 0 aliphatic carbocycles. The molecule has 8 atom stereocenters. The number of carbonyl (C=O) groups is 4. The van der Waals surface area contributed by atoms with Gasteiger partial charge in [0.25, 0.3) is 0 Å². The summed E-state index contributed by atoms with van der Waals surface area (Å²) in [7, 11) is -9.92. The number of rotatable bonds is 74. The third-order valence-corrected chi connectivity index (χ3v) is 20.8. The Morgan fingerprint density at radius 2 is 0.500 bits per heavy atom. The molecule has 0 spiro atoms. The van der Waals surface area contributed by atoms with Gasteiger partial charge in [0, 0.05) is 25.7 Å². The van der Waals surface area contributed by atoms with Gasteiger partial charge >= 0.3 is 39.5 Å². The maximum atomic E-state index is 13.1. The van der Waals surface area contributed by atoms with Gasteiger partial charge in [-0.1, -0.05) is 338 Å². The van der Waals surface area contributed by atoms with Gasteiger partial charge in [-0.05, 0) is 49.4 Å². The van der Waals surface area contributed by atoms with Crippen LogP contribution in [-0.2, 0) is 65.4 Å². The third-order valence-electron chi connectivity index (χ3n) is 18.9. The van der Waals surface area contributed by atoms with Crippen molar-refractivity contribution in [3.05, 3.63) is 0 Å². The van der Waals surface area contributed by atoms with Crippen LogP contribution in [0.4, 0.5) is 0 Å². The Morgan fingerprint density at radius 1 is 0.292 bits per heavy atom. The van der Waals surface area contributed by atoms with Gasteiger partial charge in [-0.3, -0.25) is 37.3 Å². The highest BCUT2D eigenvalue weighted by Crippen LogP contribution is 2.45. The van der Waals surface area contributed by atoms with E-state index >= 15 is 0 Å². The molecule has 0 saturated carbocycles. The fraction of sp³-hybridized carbons (Fsp3) is 0.948. The van der Waals surface area contributed by atoms with Gasteiger partial charge in [0.1, 0.15) is 19.3 Å². The minimum absolute atomic E-state index is 0.104. The molecule has 0 rings (SSSR count). The zero-order chi connectivity index (χ0) is 71.0. The predicted octanol–water partition coefficient (Wildman–Crippen LogP) is 22.4. The molecule has 0 aliphatic rings. The monoisotopic (exact) mass is 1410 g/mol. The van der Waals surface area contributed by atoms with Crippen LogP contribution in [0.25, 0.3) is 0 Å². The summed E-state index contributed by atoms with van der Waals surface area (Å²) in [4.78, 5) is 72.9. The minimum atomic E-state index is -4.96. The number of esters is 4. The van der Waals surface area contributed by atoms with Crippen molar-refractivity contribution >= 4 is 39.5 Å². The molecule has 0 aromatic rings. The molecule has 19 heteroatoms. The van der Waals surface area contributed by atoms with Crippen LogP contribution in [0.15, 0.2) is 0 Å². The molecule has 0 fully saturated rings. The highest BCUT2D eigenvalue weighted by atomic mass is 31.2. The Labute approximate surface area is 588 Å². The molecule has 0 amide bonds. The first-order chi connectivity index (χ1) is 46.2. The molecule has 0 bridgehead atoms. The molecule has 0 radical (unpaired) electrons. The van der Waals surface area contributed by atoms with Crippen molar-refractivity contribution in [2.45, 2.75) is 408 Å². The number of ether oxygens (including phenoxy) is 4. The lowest BCUT2D eigenvalue weighted by Gasteiger charge is -2.21. The normalized spacial score (nSPS) is 15.0. The van der Waals surface area contributed by atoms with Crippen LogP contribution in [0.2, 0.25) is 0 Å². The van der Waals surface area contributed by atoms with E-state index in [0.29, 0.717) is 25.7 Å². The molecule has 0 saturated heterocycles. The van der Waals surface area contributed by atoms with Crippen molar-refractivity contribution in [2.75, 3.05) is 39.6 Å². The number of phosphoric ester groups is 2. The molecule has 96 heavy (non-hydrogen) atoms. The SMILES string of the molecule is CCC(C)CCCCCCCCCCCCCCCCC(=O)O[C@H](COC(=O)CCCCCCCCCCCCC(C)CC)COP(=O)(O)OC[C@@H](O)COP(=O)(O)OC[C@@H](COC(=O)CCCCCCCCCCC(C)CC)OC(=O)CCCCCCCCCCCC(C)C. The summed E-state index contributed by atoms with van der Waals surface area (Å²) in [5, 5.41) is 10.6. The Balaban J connectivity index is 5.27. The van der Waals surface area contributed by atoms with E-state index in [2.05, 4.69) is 55.4 Å². The van der Waals surface area contributed by atoms with E-state index in [9.17, 15) is 43.2 Å². The van der Waals surface area contributed by atoms with Crippen LogP contribution in [0.5, 0.6) is 0 Å². The van der Waals surface area contributed by atoms with Crippen LogP contribution in [0.3, 0.4) is 0 Å². The topological polar surface area (TPSA) is 237 Å². The van der Waals surface area contributed by atoms with E-state index in [4.69, 9.17) is 37.0 Å². The quantitative estimate of drug-likeness (QED) is 0.0222. The highest BCUT2D eigenvalue weighted by Gasteiger charge is 2.30. The Morgan fingerprint density at radius 3 is 0.740 bits per heavy atom. The number of aliphatic hydroxyl groups excluding tert-OH is 1. The van der Waals surface area contributed by atoms with Gasteiger partial charge in [0.15, 0.2) is 12.2 Å². The number of hydrogen-bond donors (Lipinski definition) is 3. The second-order valence-electron chi connectivity index (χ2n) is 28.9. The molecular formula is C77H150O17P2. The molecule has 0 heterocycles. The van der Waals surface area contributed by atoms with Crippen LogP contribution >= 0.6 is 15.6 Å². The molecule has 5 unspecified atom stereocenters. The zero-order valence-corrected chi connectivity index (χ0v) is 64.8. The number of aliphatic hydroxyl groups is 1. The number of carbonyl (C=O) groups excluding carboxylic acids is 4.